The molecule has 0 unspecified atom stereocenters. The summed E-state index contributed by atoms with van der Waals surface area (Å²) in [5, 5.41) is 9.51. The van der Waals surface area contributed by atoms with Crippen molar-refractivity contribution < 1.29 is 14.3 Å². The molecule has 1 aromatic heterocycles. The first-order valence-electron chi connectivity index (χ1n) is 7.88. The third-order valence-corrected chi connectivity index (χ3v) is 4.88. The minimum Gasteiger partial charge on any atom is -0.478 e. The molecule has 2 aromatic carbocycles. The van der Waals surface area contributed by atoms with Gasteiger partial charge in [-0.05, 0) is 48.4 Å². The molecule has 0 amide bonds. The molecule has 1 aliphatic rings. The number of carboxylic acids is 1. The van der Waals surface area contributed by atoms with Gasteiger partial charge in [-0.25, -0.2) is 14.2 Å². The number of aromatic nitrogens is 2. The summed E-state index contributed by atoms with van der Waals surface area (Å²) in [5.74, 6) is -1.00. The van der Waals surface area contributed by atoms with Gasteiger partial charge in [0.2, 0.25) is 0 Å². The van der Waals surface area contributed by atoms with Crippen molar-refractivity contribution >= 4 is 44.5 Å². The van der Waals surface area contributed by atoms with Crippen molar-refractivity contribution in [1.82, 2.24) is 9.55 Å². The maximum absolute atomic E-state index is 14.1. The summed E-state index contributed by atoms with van der Waals surface area (Å²) in [7, 11) is 0. The first-order chi connectivity index (χ1) is 12.4. The Morgan fingerprint density at radius 2 is 2.08 bits per heavy atom. The average molecular weight is 415 g/mol. The molecule has 26 heavy (non-hydrogen) atoms. The molecule has 2 heterocycles. The van der Waals surface area contributed by atoms with Crippen LogP contribution in [-0.2, 0) is 6.54 Å². The van der Waals surface area contributed by atoms with Crippen molar-refractivity contribution in [3.8, 4) is 0 Å². The van der Waals surface area contributed by atoms with E-state index in [9.17, 15) is 14.0 Å². The van der Waals surface area contributed by atoms with E-state index < -0.39 is 5.97 Å². The van der Waals surface area contributed by atoms with Gasteiger partial charge in [0.1, 0.15) is 11.6 Å². The molecule has 0 fully saturated rings. The Morgan fingerprint density at radius 3 is 2.81 bits per heavy atom. The van der Waals surface area contributed by atoms with Gasteiger partial charge in [-0.1, -0.05) is 22.0 Å². The van der Waals surface area contributed by atoms with Crippen LogP contribution in [0.5, 0.6) is 0 Å². The number of carboxylic acid groups (broad SMARTS) is 1. The second kappa shape index (κ2) is 6.17. The smallest absolute Gasteiger partial charge is 0.335 e. The number of carbonyl (C=O) groups is 1. The molecular weight excluding hydrogens is 403 g/mol. The van der Waals surface area contributed by atoms with Gasteiger partial charge < -0.3 is 5.11 Å². The molecule has 0 aliphatic carbocycles. The van der Waals surface area contributed by atoms with Crippen molar-refractivity contribution in [2.75, 3.05) is 0 Å². The zero-order valence-corrected chi connectivity index (χ0v) is 15.0. The van der Waals surface area contributed by atoms with E-state index in [0.29, 0.717) is 39.7 Å². The Labute approximate surface area is 155 Å². The van der Waals surface area contributed by atoms with Crippen LogP contribution in [0.1, 0.15) is 28.2 Å². The summed E-state index contributed by atoms with van der Waals surface area (Å²) >= 11 is 3.22. The predicted molar refractivity (Wildman–Crippen MR) is 99.6 cm³/mol. The highest BCUT2D eigenvalue weighted by Crippen LogP contribution is 2.29. The molecular formula is C19H12BrFN2O3. The summed E-state index contributed by atoms with van der Waals surface area (Å²) in [6.45, 7) is 0.460. The van der Waals surface area contributed by atoms with Gasteiger partial charge in [0, 0.05) is 16.6 Å². The van der Waals surface area contributed by atoms with Crippen molar-refractivity contribution in [1.29, 1.82) is 0 Å². The highest BCUT2D eigenvalue weighted by molar-refractivity contribution is 9.10. The third kappa shape index (κ3) is 2.74. The number of hydrogen-bond acceptors (Lipinski definition) is 3. The van der Waals surface area contributed by atoms with Gasteiger partial charge >= 0.3 is 5.97 Å². The molecule has 0 saturated heterocycles. The largest absolute Gasteiger partial charge is 0.478 e. The first kappa shape index (κ1) is 16.7. The Kier molecular flexibility index (Phi) is 3.96. The van der Waals surface area contributed by atoms with E-state index in [1.165, 1.54) is 24.3 Å². The highest BCUT2D eigenvalue weighted by atomic mass is 79.9. The number of fused-ring (bicyclic) bond motifs is 2. The van der Waals surface area contributed by atoms with Gasteiger partial charge in [-0.2, -0.15) is 0 Å². The Balaban J connectivity index is 1.90. The topological polar surface area (TPSA) is 72.2 Å². The third-order valence-electron chi connectivity index (χ3n) is 4.39. The second-order valence-corrected chi connectivity index (χ2v) is 6.93. The SMILES string of the molecule is O=C(O)c1ccc2c(=O)n3c(nc2c1)/C(=C\c1ccc(Br)cc1F)CC3. The van der Waals surface area contributed by atoms with Crippen LogP contribution in [0.25, 0.3) is 22.6 Å². The standard InChI is InChI=1S/C19H12BrFN2O3/c20-13-3-1-10(15(21)9-13)7-11-5-6-23-17(11)22-16-8-12(19(25)26)2-4-14(16)18(23)24/h1-4,7-9H,5-6H2,(H,25,26)/b11-7-. The van der Waals surface area contributed by atoms with Gasteiger partial charge in [-0.3, -0.25) is 9.36 Å². The van der Waals surface area contributed by atoms with Crippen molar-refractivity contribution in [2.45, 2.75) is 13.0 Å². The lowest BCUT2D eigenvalue weighted by molar-refractivity contribution is 0.0697. The van der Waals surface area contributed by atoms with E-state index in [1.54, 1.807) is 22.8 Å². The van der Waals surface area contributed by atoms with Crippen LogP contribution < -0.4 is 5.56 Å². The first-order valence-corrected chi connectivity index (χ1v) is 8.67. The van der Waals surface area contributed by atoms with Crippen LogP contribution in [0.4, 0.5) is 4.39 Å². The molecule has 1 aliphatic heterocycles. The van der Waals surface area contributed by atoms with E-state index in [0.717, 1.165) is 5.57 Å². The zero-order valence-electron chi connectivity index (χ0n) is 13.4. The molecule has 0 saturated carbocycles. The van der Waals surface area contributed by atoms with Crippen LogP contribution in [0.3, 0.4) is 0 Å². The quantitative estimate of drug-likeness (QED) is 0.689. The summed E-state index contributed by atoms with van der Waals surface area (Å²) in [5.41, 5.74) is 1.32. The van der Waals surface area contributed by atoms with E-state index in [4.69, 9.17) is 5.11 Å². The molecule has 3 aromatic rings. The lowest BCUT2D eigenvalue weighted by Crippen LogP contribution is -2.21. The van der Waals surface area contributed by atoms with Crippen LogP contribution in [-0.4, -0.2) is 20.6 Å². The molecule has 130 valence electrons. The normalized spacial score (nSPS) is 14.8. The fourth-order valence-corrected chi connectivity index (χ4v) is 3.43. The molecule has 7 heteroatoms. The summed E-state index contributed by atoms with van der Waals surface area (Å²) in [4.78, 5) is 28.3. The fraction of sp³-hybridized carbons (Fsp3) is 0.105. The predicted octanol–water partition coefficient (Wildman–Crippen LogP) is 3.94. The summed E-state index contributed by atoms with van der Waals surface area (Å²) < 4.78 is 16.3. The van der Waals surface area contributed by atoms with E-state index in [2.05, 4.69) is 20.9 Å². The van der Waals surface area contributed by atoms with Crippen molar-refractivity contribution in [3.63, 3.8) is 0 Å². The second-order valence-electron chi connectivity index (χ2n) is 6.01. The monoisotopic (exact) mass is 414 g/mol. The lowest BCUT2D eigenvalue weighted by atomic mass is 10.1. The number of aromatic carboxylic acids is 1. The maximum Gasteiger partial charge on any atom is 0.335 e. The fourth-order valence-electron chi connectivity index (χ4n) is 3.09. The number of allylic oxidation sites excluding steroid dienone is 1. The Hall–Kier alpha value is -2.80. The lowest BCUT2D eigenvalue weighted by Gasteiger charge is -2.06. The minimum atomic E-state index is -1.08. The minimum absolute atomic E-state index is 0.0665. The summed E-state index contributed by atoms with van der Waals surface area (Å²) in [6.07, 6.45) is 2.24. The number of hydrogen-bond donors (Lipinski definition) is 1. The maximum atomic E-state index is 14.1. The molecule has 0 bridgehead atoms. The van der Waals surface area contributed by atoms with Crippen molar-refractivity contribution in [2.24, 2.45) is 0 Å². The van der Waals surface area contributed by atoms with Crippen LogP contribution in [0.15, 0.2) is 45.7 Å². The Bertz CT molecular complexity index is 1170. The molecule has 0 atom stereocenters. The van der Waals surface area contributed by atoms with Crippen LogP contribution >= 0.6 is 15.9 Å². The number of halogens is 2. The van der Waals surface area contributed by atoms with Gasteiger partial charge in [0.15, 0.2) is 0 Å². The number of nitrogens with zero attached hydrogens (tertiary/aromatic N) is 2. The number of benzene rings is 2. The number of rotatable bonds is 2. The highest BCUT2D eigenvalue weighted by Gasteiger charge is 2.21. The van der Waals surface area contributed by atoms with Gasteiger partial charge in [-0.15, -0.1) is 0 Å². The molecule has 4 rings (SSSR count). The van der Waals surface area contributed by atoms with E-state index in [-0.39, 0.29) is 16.9 Å². The average Bonchev–Trinajstić information content (AvgIpc) is 3.00. The molecule has 0 spiro atoms. The van der Waals surface area contributed by atoms with Crippen molar-refractivity contribution in [3.05, 3.63) is 74.0 Å². The van der Waals surface area contributed by atoms with Gasteiger partial charge in [0.25, 0.3) is 5.56 Å². The van der Waals surface area contributed by atoms with Crippen LogP contribution in [0.2, 0.25) is 0 Å². The zero-order chi connectivity index (χ0) is 18.4. The van der Waals surface area contributed by atoms with Crippen LogP contribution in [0, 0.1) is 5.82 Å². The molecule has 5 nitrogen and oxygen atoms in total. The van der Waals surface area contributed by atoms with Gasteiger partial charge in [0.05, 0.1) is 16.5 Å². The summed E-state index contributed by atoms with van der Waals surface area (Å²) in [6, 6.07) is 9.03. The van der Waals surface area contributed by atoms with E-state index >= 15 is 0 Å². The molecule has 1 N–H and O–H groups in total. The Morgan fingerprint density at radius 1 is 1.27 bits per heavy atom. The van der Waals surface area contributed by atoms with E-state index in [1.807, 2.05) is 0 Å². The molecule has 0 radical (unpaired) electrons.